The summed E-state index contributed by atoms with van der Waals surface area (Å²) in [5.74, 6) is 1.97. The monoisotopic (exact) mass is 304 g/mol. The summed E-state index contributed by atoms with van der Waals surface area (Å²) in [6.45, 7) is 11.5. The van der Waals surface area contributed by atoms with E-state index in [0.717, 1.165) is 0 Å². The number of rotatable bonds is 4. The molecule has 3 rings (SSSR count). The Morgan fingerprint density at radius 2 is 1.35 bits per heavy atom. The van der Waals surface area contributed by atoms with Crippen LogP contribution in [0.3, 0.4) is 0 Å². The van der Waals surface area contributed by atoms with Crippen molar-refractivity contribution < 1.29 is 0 Å². The summed E-state index contributed by atoms with van der Waals surface area (Å²) >= 11 is 4.08. The molecule has 0 aromatic carbocycles. The van der Waals surface area contributed by atoms with E-state index in [2.05, 4.69) is 46.8 Å². The molecule has 0 saturated heterocycles. The molecule has 1 aliphatic carbocycles. The zero-order valence-corrected chi connectivity index (χ0v) is 14.8. The Morgan fingerprint density at radius 3 is 1.70 bits per heavy atom. The van der Waals surface area contributed by atoms with Crippen LogP contribution >= 0.6 is 22.7 Å². The maximum absolute atomic E-state index is 2.49. The van der Waals surface area contributed by atoms with Gasteiger partial charge < -0.3 is 0 Å². The first kappa shape index (κ1) is 14.3. The van der Waals surface area contributed by atoms with Crippen LogP contribution in [0.5, 0.6) is 0 Å². The quantitative estimate of drug-likeness (QED) is 0.572. The van der Waals surface area contributed by atoms with Crippen LogP contribution < -0.4 is 0 Å². The third-order valence-corrected chi connectivity index (χ3v) is 7.30. The first-order valence-electron chi connectivity index (χ1n) is 7.80. The topological polar surface area (TPSA) is 0 Å². The Bertz CT molecular complexity index is 561. The lowest BCUT2D eigenvalue weighted by Crippen LogP contribution is -1.95. The molecule has 2 heteroatoms. The van der Waals surface area contributed by atoms with Crippen LogP contribution in [0, 0.1) is 0 Å². The maximum Gasteiger partial charge on any atom is 0.0486 e. The summed E-state index contributed by atoms with van der Waals surface area (Å²) in [4.78, 5) is 6.28. The molecule has 0 radical (unpaired) electrons. The summed E-state index contributed by atoms with van der Waals surface area (Å²) in [5.41, 5.74) is 3.24. The number of hydrogen-bond acceptors (Lipinski definition) is 2. The fourth-order valence-electron chi connectivity index (χ4n) is 3.06. The van der Waals surface area contributed by atoms with Gasteiger partial charge in [-0.3, -0.25) is 0 Å². The van der Waals surface area contributed by atoms with E-state index < -0.39 is 0 Å². The van der Waals surface area contributed by atoms with Crippen molar-refractivity contribution in [2.24, 2.45) is 0 Å². The predicted octanol–water partition coefficient (Wildman–Crippen LogP) is 6.97. The molecule has 0 bridgehead atoms. The first-order chi connectivity index (χ1) is 9.52. The van der Waals surface area contributed by atoms with E-state index in [0.29, 0.717) is 17.8 Å². The molecule has 0 atom stereocenters. The third kappa shape index (κ3) is 2.17. The van der Waals surface area contributed by atoms with Crippen molar-refractivity contribution in [2.75, 3.05) is 0 Å². The van der Waals surface area contributed by atoms with E-state index >= 15 is 0 Å². The fourth-order valence-corrected chi connectivity index (χ4v) is 5.68. The molecule has 1 aliphatic rings. The average molecular weight is 305 g/mol. The van der Waals surface area contributed by atoms with Crippen LogP contribution in [0.15, 0.2) is 12.1 Å². The maximum atomic E-state index is 2.49. The standard InChI is InChI=1S/C18H24S2/c1-6-7-12-13-8-15(10(2)3)19-17(13)18-14(12)9-16(20-18)11(4)5/h8-12H,6-7H2,1-5H3. The second-order valence-corrected chi connectivity index (χ2v) is 8.68. The lowest BCUT2D eigenvalue weighted by atomic mass is 9.93. The zero-order valence-electron chi connectivity index (χ0n) is 13.1. The predicted molar refractivity (Wildman–Crippen MR) is 92.6 cm³/mol. The van der Waals surface area contributed by atoms with Crippen molar-refractivity contribution in [1.29, 1.82) is 0 Å². The minimum Gasteiger partial charge on any atom is -0.139 e. The average Bonchev–Trinajstić information content (AvgIpc) is 3.03. The molecule has 2 aromatic rings. The van der Waals surface area contributed by atoms with Gasteiger partial charge >= 0.3 is 0 Å². The van der Waals surface area contributed by atoms with Crippen molar-refractivity contribution in [3.05, 3.63) is 33.0 Å². The highest BCUT2D eigenvalue weighted by Gasteiger charge is 2.33. The molecule has 108 valence electrons. The van der Waals surface area contributed by atoms with Gasteiger partial charge in [0.25, 0.3) is 0 Å². The Labute approximate surface area is 130 Å². The van der Waals surface area contributed by atoms with Crippen LogP contribution in [0.2, 0.25) is 0 Å². The van der Waals surface area contributed by atoms with Crippen molar-refractivity contribution in [3.63, 3.8) is 0 Å². The summed E-state index contributed by atoms with van der Waals surface area (Å²) in [5, 5.41) is 0. The van der Waals surface area contributed by atoms with E-state index in [1.807, 2.05) is 22.7 Å². The van der Waals surface area contributed by atoms with Gasteiger partial charge in [0.05, 0.1) is 0 Å². The Morgan fingerprint density at radius 1 is 0.900 bits per heavy atom. The highest BCUT2D eigenvalue weighted by molar-refractivity contribution is 7.22. The molecule has 0 amide bonds. The molecule has 0 N–H and O–H groups in total. The smallest absolute Gasteiger partial charge is 0.0486 e. The van der Waals surface area contributed by atoms with Crippen molar-refractivity contribution in [1.82, 2.24) is 0 Å². The lowest BCUT2D eigenvalue weighted by Gasteiger charge is -2.10. The largest absolute Gasteiger partial charge is 0.139 e. The van der Waals surface area contributed by atoms with Crippen molar-refractivity contribution in [2.45, 2.75) is 65.2 Å². The van der Waals surface area contributed by atoms with Crippen LogP contribution in [0.25, 0.3) is 9.75 Å². The van der Waals surface area contributed by atoms with Gasteiger partial charge in [0, 0.05) is 25.4 Å². The van der Waals surface area contributed by atoms with Crippen molar-refractivity contribution in [3.8, 4) is 9.75 Å². The van der Waals surface area contributed by atoms with E-state index in [1.54, 1.807) is 30.6 Å². The van der Waals surface area contributed by atoms with E-state index in [4.69, 9.17) is 0 Å². The van der Waals surface area contributed by atoms with Crippen molar-refractivity contribution >= 4 is 22.7 Å². The number of thiophene rings is 2. The Kier molecular flexibility index (Phi) is 3.81. The molecule has 2 aromatic heterocycles. The molecule has 0 aliphatic heterocycles. The van der Waals surface area contributed by atoms with Gasteiger partial charge in [0.15, 0.2) is 0 Å². The Hall–Kier alpha value is -0.600. The van der Waals surface area contributed by atoms with E-state index in [9.17, 15) is 0 Å². The Balaban J connectivity index is 2.11. The molecule has 0 saturated carbocycles. The molecule has 0 spiro atoms. The van der Waals surface area contributed by atoms with Crippen LogP contribution in [0.1, 0.15) is 86.1 Å². The fraction of sp³-hybridized carbons (Fsp3) is 0.556. The zero-order chi connectivity index (χ0) is 14.4. The third-order valence-electron chi connectivity index (χ3n) is 4.23. The van der Waals surface area contributed by atoms with Gasteiger partial charge in [-0.2, -0.15) is 0 Å². The molecule has 0 nitrogen and oxygen atoms in total. The van der Waals surface area contributed by atoms with Gasteiger partial charge in [-0.1, -0.05) is 41.0 Å². The molecular formula is C18H24S2. The SMILES string of the molecule is CCCC1c2cc(C(C)C)sc2-c2sc(C(C)C)cc21. The minimum absolute atomic E-state index is 0.654. The summed E-state index contributed by atoms with van der Waals surface area (Å²) < 4.78 is 0. The van der Waals surface area contributed by atoms with Gasteiger partial charge in [-0.05, 0) is 41.5 Å². The van der Waals surface area contributed by atoms with Gasteiger partial charge in [-0.25, -0.2) is 0 Å². The molecular weight excluding hydrogens is 280 g/mol. The number of hydrogen-bond donors (Lipinski definition) is 0. The molecule has 0 fully saturated rings. The van der Waals surface area contributed by atoms with Gasteiger partial charge in [0.2, 0.25) is 0 Å². The minimum atomic E-state index is 0.654. The van der Waals surface area contributed by atoms with Crippen LogP contribution in [-0.2, 0) is 0 Å². The molecule has 0 unspecified atom stereocenters. The van der Waals surface area contributed by atoms with E-state index in [-0.39, 0.29) is 0 Å². The highest BCUT2D eigenvalue weighted by atomic mass is 32.1. The lowest BCUT2D eigenvalue weighted by molar-refractivity contribution is 0.711. The second-order valence-electron chi connectivity index (χ2n) is 6.52. The van der Waals surface area contributed by atoms with Crippen LogP contribution in [-0.4, -0.2) is 0 Å². The summed E-state index contributed by atoms with van der Waals surface area (Å²) in [7, 11) is 0. The second kappa shape index (κ2) is 5.31. The van der Waals surface area contributed by atoms with Crippen LogP contribution in [0.4, 0.5) is 0 Å². The highest BCUT2D eigenvalue weighted by Crippen LogP contribution is 2.55. The first-order valence-corrected chi connectivity index (χ1v) is 9.43. The summed E-state index contributed by atoms with van der Waals surface area (Å²) in [6.07, 6.45) is 2.56. The van der Waals surface area contributed by atoms with Gasteiger partial charge in [0.1, 0.15) is 0 Å². The van der Waals surface area contributed by atoms with Gasteiger partial charge in [-0.15, -0.1) is 22.7 Å². The summed E-state index contributed by atoms with van der Waals surface area (Å²) in [6, 6.07) is 4.99. The number of fused-ring (bicyclic) bond motifs is 3. The molecule has 2 heterocycles. The normalized spacial score (nSPS) is 14.3. The molecule has 20 heavy (non-hydrogen) atoms. The van der Waals surface area contributed by atoms with E-state index in [1.165, 1.54) is 12.8 Å².